The third-order valence-electron chi connectivity index (χ3n) is 4.18. The van der Waals surface area contributed by atoms with Crippen LogP contribution in [0.4, 0.5) is 18.3 Å². The Morgan fingerprint density at radius 1 is 1.32 bits per heavy atom. The lowest BCUT2D eigenvalue weighted by Gasteiger charge is -2.19. The Labute approximate surface area is 130 Å². The summed E-state index contributed by atoms with van der Waals surface area (Å²) in [5.74, 6) is 0.405. The van der Waals surface area contributed by atoms with Crippen LogP contribution >= 0.6 is 11.3 Å². The Hall–Kier alpha value is -1.34. The predicted octanol–water partition coefficient (Wildman–Crippen LogP) is 4.28. The number of hydrogen-bond acceptors (Lipinski definition) is 4. The molecule has 3 nitrogen and oxygen atoms in total. The van der Waals surface area contributed by atoms with E-state index in [2.05, 4.69) is 10.3 Å². The summed E-state index contributed by atoms with van der Waals surface area (Å²) in [5, 5.41) is 13.1. The molecule has 0 amide bonds. The van der Waals surface area contributed by atoms with Gasteiger partial charge < -0.3 is 10.4 Å². The van der Waals surface area contributed by atoms with Gasteiger partial charge in [-0.05, 0) is 43.4 Å². The lowest BCUT2D eigenvalue weighted by Crippen LogP contribution is -2.24. The van der Waals surface area contributed by atoms with E-state index in [1.165, 1.54) is 17.4 Å². The van der Waals surface area contributed by atoms with Crippen LogP contribution in [-0.4, -0.2) is 22.7 Å². The number of alkyl halides is 3. The molecule has 120 valence electrons. The Morgan fingerprint density at radius 3 is 2.86 bits per heavy atom. The van der Waals surface area contributed by atoms with Crippen molar-refractivity contribution < 1.29 is 18.3 Å². The fraction of sp³-hybridized carbons (Fsp3) is 0.533. The van der Waals surface area contributed by atoms with Gasteiger partial charge in [-0.25, -0.2) is 4.98 Å². The molecule has 1 heterocycles. The zero-order chi connectivity index (χ0) is 15.7. The number of halogens is 3. The summed E-state index contributed by atoms with van der Waals surface area (Å²) in [6, 6.07) is 3.90. The fourth-order valence-corrected chi connectivity index (χ4v) is 3.97. The normalized spacial score (nSPS) is 22.4. The number of fused-ring (bicyclic) bond motifs is 1. The summed E-state index contributed by atoms with van der Waals surface area (Å²) in [5.41, 5.74) is -0.296. The SMILES string of the molecule is OCCC1CCCC1Nc1nc2cc(C(F)(F)F)ccc2s1. The Bertz CT molecular complexity index is 656. The molecule has 1 aliphatic carbocycles. The number of hydrogen-bond donors (Lipinski definition) is 2. The van der Waals surface area contributed by atoms with E-state index in [1.54, 1.807) is 0 Å². The lowest BCUT2D eigenvalue weighted by molar-refractivity contribution is -0.137. The van der Waals surface area contributed by atoms with Crippen LogP contribution in [-0.2, 0) is 6.18 Å². The van der Waals surface area contributed by atoms with Crippen LogP contribution in [0.2, 0.25) is 0 Å². The molecule has 1 aromatic carbocycles. The Balaban J connectivity index is 1.80. The second-order valence-electron chi connectivity index (χ2n) is 5.65. The van der Waals surface area contributed by atoms with Gasteiger partial charge in [0, 0.05) is 12.6 Å². The summed E-state index contributed by atoms with van der Waals surface area (Å²) in [6.45, 7) is 0.164. The molecular formula is C15H17F3N2OS. The van der Waals surface area contributed by atoms with Crippen molar-refractivity contribution >= 4 is 26.7 Å². The number of rotatable bonds is 4. The highest BCUT2D eigenvalue weighted by Gasteiger charge is 2.31. The highest BCUT2D eigenvalue weighted by atomic mass is 32.1. The number of aliphatic hydroxyl groups excluding tert-OH is 1. The largest absolute Gasteiger partial charge is 0.416 e. The number of nitrogens with zero attached hydrogens (tertiary/aromatic N) is 1. The number of anilines is 1. The second kappa shape index (κ2) is 6.04. The minimum atomic E-state index is -4.34. The molecule has 2 unspecified atom stereocenters. The maximum absolute atomic E-state index is 12.7. The third kappa shape index (κ3) is 3.20. The minimum Gasteiger partial charge on any atom is -0.396 e. The van der Waals surface area contributed by atoms with Gasteiger partial charge in [0.1, 0.15) is 0 Å². The quantitative estimate of drug-likeness (QED) is 0.879. The predicted molar refractivity (Wildman–Crippen MR) is 81.1 cm³/mol. The molecule has 0 radical (unpaired) electrons. The van der Waals surface area contributed by atoms with Crippen LogP contribution in [0.1, 0.15) is 31.2 Å². The van der Waals surface area contributed by atoms with Crippen molar-refractivity contribution in [3.63, 3.8) is 0 Å². The first-order valence-corrected chi connectivity index (χ1v) is 8.14. The van der Waals surface area contributed by atoms with E-state index in [1.807, 2.05) is 0 Å². The molecule has 1 saturated carbocycles. The topological polar surface area (TPSA) is 45.1 Å². The standard InChI is InChI=1S/C15H17F3N2OS/c16-15(17,18)10-4-5-13-12(8-10)20-14(22-13)19-11-3-1-2-9(11)6-7-21/h4-5,8-9,11,21H,1-3,6-7H2,(H,19,20). The molecule has 2 aromatic rings. The summed E-state index contributed by atoms with van der Waals surface area (Å²) >= 11 is 1.37. The van der Waals surface area contributed by atoms with Crippen molar-refractivity contribution in [2.24, 2.45) is 5.92 Å². The van der Waals surface area contributed by atoms with E-state index in [9.17, 15) is 13.2 Å². The van der Waals surface area contributed by atoms with Crippen molar-refractivity contribution in [2.45, 2.75) is 37.9 Å². The van der Waals surface area contributed by atoms with E-state index in [0.29, 0.717) is 16.6 Å². The van der Waals surface area contributed by atoms with Crippen LogP contribution in [0, 0.1) is 5.92 Å². The number of nitrogens with one attached hydrogen (secondary N) is 1. The first kappa shape index (κ1) is 15.6. The van der Waals surface area contributed by atoms with Crippen LogP contribution in [0.5, 0.6) is 0 Å². The van der Waals surface area contributed by atoms with Crippen molar-refractivity contribution in [3.05, 3.63) is 23.8 Å². The van der Waals surface area contributed by atoms with Crippen LogP contribution in [0.25, 0.3) is 10.2 Å². The molecule has 2 atom stereocenters. The Kier molecular flexibility index (Phi) is 4.27. The van der Waals surface area contributed by atoms with Crippen LogP contribution in [0.3, 0.4) is 0 Å². The van der Waals surface area contributed by atoms with E-state index >= 15 is 0 Å². The zero-order valence-corrected chi connectivity index (χ0v) is 12.7. The molecular weight excluding hydrogens is 313 g/mol. The van der Waals surface area contributed by atoms with E-state index < -0.39 is 11.7 Å². The number of thiazole rings is 1. The molecule has 0 spiro atoms. The average Bonchev–Trinajstić information content (AvgIpc) is 3.04. The number of aromatic nitrogens is 1. The second-order valence-corrected chi connectivity index (χ2v) is 6.68. The smallest absolute Gasteiger partial charge is 0.396 e. The van der Waals surface area contributed by atoms with Crippen molar-refractivity contribution in [1.82, 2.24) is 4.98 Å². The number of benzene rings is 1. The van der Waals surface area contributed by atoms with Gasteiger partial charge >= 0.3 is 6.18 Å². The summed E-state index contributed by atoms with van der Waals surface area (Å²) in [6.07, 6.45) is -0.412. The average molecular weight is 330 g/mol. The monoisotopic (exact) mass is 330 g/mol. The maximum Gasteiger partial charge on any atom is 0.416 e. The minimum absolute atomic E-state index is 0.164. The van der Waals surface area contributed by atoms with E-state index in [0.717, 1.165) is 42.5 Å². The molecule has 2 N–H and O–H groups in total. The van der Waals surface area contributed by atoms with E-state index in [4.69, 9.17) is 5.11 Å². The van der Waals surface area contributed by atoms with Gasteiger partial charge in [-0.1, -0.05) is 17.8 Å². The van der Waals surface area contributed by atoms with Gasteiger partial charge in [0.25, 0.3) is 0 Å². The summed E-state index contributed by atoms with van der Waals surface area (Å²) < 4.78 is 38.9. The van der Waals surface area contributed by atoms with Gasteiger partial charge in [0.2, 0.25) is 0 Å². The van der Waals surface area contributed by atoms with Crippen molar-refractivity contribution in [2.75, 3.05) is 11.9 Å². The van der Waals surface area contributed by atoms with E-state index in [-0.39, 0.29) is 12.6 Å². The van der Waals surface area contributed by atoms with Crippen LogP contribution < -0.4 is 5.32 Å². The van der Waals surface area contributed by atoms with Gasteiger partial charge in [-0.3, -0.25) is 0 Å². The third-order valence-corrected chi connectivity index (χ3v) is 5.15. The molecule has 0 aliphatic heterocycles. The molecule has 0 bridgehead atoms. The van der Waals surface area contributed by atoms with Gasteiger partial charge in [0.15, 0.2) is 5.13 Å². The lowest BCUT2D eigenvalue weighted by atomic mass is 10.0. The Morgan fingerprint density at radius 2 is 2.14 bits per heavy atom. The molecule has 0 saturated heterocycles. The van der Waals surface area contributed by atoms with Gasteiger partial charge in [-0.2, -0.15) is 13.2 Å². The first-order chi connectivity index (χ1) is 10.5. The fourth-order valence-electron chi connectivity index (χ4n) is 3.06. The number of aliphatic hydroxyl groups is 1. The summed E-state index contributed by atoms with van der Waals surface area (Å²) in [7, 11) is 0. The molecule has 7 heteroatoms. The zero-order valence-electron chi connectivity index (χ0n) is 11.9. The van der Waals surface area contributed by atoms with Crippen molar-refractivity contribution in [1.29, 1.82) is 0 Å². The summed E-state index contributed by atoms with van der Waals surface area (Å²) in [4.78, 5) is 4.29. The van der Waals surface area contributed by atoms with Gasteiger partial charge in [0.05, 0.1) is 15.8 Å². The first-order valence-electron chi connectivity index (χ1n) is 7.32. The molecule has 3 rings (SSSR count). The molecule has 1 fully saturated rings. The highest BCUT2D eigenvalue weighted by Crippen LogP contribution is 2.36. The molecule has 1 aromatic heterocycles. The molecule has 1 aliphatic rings. The highest BCUT2D eigenvalue weighted by molar-refractivity contribution is 7.22. The maximum atomic E-state index is 12.7. The van der Waals surface area contributed by atoms with Gasteiger partial charge in [-0.15, -0.1) is 0 Å². The molecule has 22 heavy (non-hydrogen) atoms. The van der Waals surface area contributed by atoms with Crippen molar-refractivity contribution in [3.8, 4) is 0 Å². The van der Waals surface area contributed by atoms with Crippen LogP contribution in [0.15, 0.2) is 18.2 Å².